The van der Waals surface area contributed by atoms with Crippen molar-refractivity contribution in [3.63, 3.8) is 0 Å². The van der Waals surface area contributed by atoms with Gasteiger partial charge in [-0.25, -0.2) is 4.79 Å². The van der Waals surface area contributed by atoms with Gasteiger partial charge in [-0.2, -0.15) is 0 Å². The highest BCUT2D eigenvalue weighted by Gasteiger charge is 2.51. The molecule has 0 aliphatic carbocycles. The molecule has 8 heteroatoms. The fraction of sp³-hybridized carbons (Fsp3) is 0.600. The molecule has 0 atom stereocenters. The van der Waals surface area contributed by atoms with Gasteiger partial charge < -0.3 is 18.9 Å². The molecule has 0 spiro atoms. The third-order valence-electron chi connectivity index (χ3n) is 4.84. The summed E-state index contributed by atoms with van der Waals surface area (Å²) in [6.45, 7) is 13.2. The van der Waals surface area contributed by atoms with E-state index in [2.05, 4.69) is 5.32 Å². The minimum atomic E-state index is -0.640. The zero-order valence-corrected chi connectivity index (χ0v) is 18.3. The maximum Gasteiger partial charge on any atom is 0.494 e. The van der Waals surface area contributed by atoms with Crippen LogP contribution in [0.15, 0.2) is 18.2 Å². The van der Waals surface area contributed by atoms with Crippen molar-refractivity contribution in [2.24, 2.45) is 0 Å². The van der Waals surface area contributed by atoms with Crippen LogP contribution in [0.25, 0.3) is 0 Å². The van der Waals surface area contributed by atoms with Gasteiger partial charge in [0, 0.05) is 14.1 Å². The molecular formula is C20H31BN2O5. The van der Waals surface area contributed by atoms with Crippen molar-refractivity contribution >= 4 is 30.3 Å². The molecule has 1 aliphatic heterocycles. The summed E-state index contributed by atoms with van der Waals surface area (Å²) in [5, 5.41) is 2.66. The quantitative estimate of drug-likeness (QED) is 0.803. The van der Waals surface area contributed by atoms with Crippen molar-refractivity contribution in [1.29, 1.82) is 0 Å². The minimum absolute atomic E-state index is 0.246. The number of nitrogens with one attached hydrogen (secondary N) is 1. The van der Waals surface area contributed by atoms with Crippen LogP contribution in [-0.2, 0) is 14.0 Å². The lowest BCUT2D eigenvalue weighted by Gasteiger charge is -2.32. The summed E-state index contributed by atoms with van der Waals surface area (Å²) in [7, 11) is 2.71. The number of amides is 2. The van der Waals surface area contributed by atoms with Crippen molar-refractivity contribution in [2.75, 3.05) is 19.4 Å². The molecule has 1 fully saturated rings. The number of benzene rings is 1. The predicted octanol–water partition coefficient (Wildman–Crippen LogP) is 3.03. The van der Waals surface area contributed by atoms with Gasteiger partial charge >= 0.3 is 13.2 Å². The van der Waals surface area contributed by atoms with Crippen LogP contribution in [0.3, 0.4) is 0 Å². The molecule has 1 aromatic carbocycles. The molecule has 1 saturated heterocycles. The highest BCUT2D eigenvalue weighted by Crippen LogP contribution is 2.36. The lowest BCUT2D eigenvalue weighted by Crippen LogP contribution is -2.41. The molecule has 1 N–H and O–H groups in total. The molecule has 2 amide bonds. The van der Waals surface area contributed by atoms with Gasteiger partial charge in [-0.15, -0.1) is 0 Å². The SMILES string of the molecule is CN(C)C(=O)c1cc(B2OC(C)(C)C(C)(C)O2)ccc1NC(=O)OC(C)(C)C. The number of hydrogen-bond donors (Lipinski definition) is 1. The van der Waals surface area contributed by atoms with Crippen LogP contribution in [-0.4, -0.2) is 54.9 Å². The molecule has 154 valence electrons. The van der Waals surface area contributed by atoms with Gasteiger partial charge in [0.15, 0.2) is 0 Å². The second-order valence-corrected chi connectivity index (χ2v) is 9.22. The average Bonchev–Trinajstić information content (AvgIpc) is 2.73. The van der Waals surface area contributed by atoms with Crippen molar-refractivity contribution in [3.05, 3.63) is 23.8 Å². The zero-order valence-electron chi connectivity index (χ0n) is 18.3. The first-order valence-electron chi connectivity index (χ1n) is 9.34. The van der Waals surface area contributed by atoms with E-state index < -0.39 is 30.0 Å². The Morgan fingerprint density at radius 2 is 1.61 bits per heavy atom. The van der Waals surface area contributed by atoms with E-state index in [0.29, 0.717) is 16.7 Å². The molecule has 28 heavy (non-hydrogen) atoms. The van der Waals surface area contributed by atoms with E-state index in [1.165, 1.54) is 4.90 Å². The van der Waals surface area contributed by atoms with E-state index in [1.807, 2.05) is 27.7 Å². The minimum Gasteiger partial charge on any atom is -0.444 e. The topological polar surface area (TPSA) is 77.1 Å². The molecule has 1 heterocycles. The molecule has 0 unspecified atom stereocenters. The Bertz CT molecular complexity index is 752. The van der Waals surface area contributed by atoms with Gasteiger partial charge in [0.2, 0.25) is 0 Å². The molecule has 1 aliphatic rings. The van der Waals surface area contributed by atoms with Crippen molar-refractivity contribution in [3.8, 4) is 0 Å². The summed E-state index contributed by atoms with van der Waals surface area (Å²) >= 11 is 0. The summed E-state index contributed by atoms with van der Waals surface area (Å²) < 4.78 is 17.4. The van der Waals surface area contributed by atoms with Crippen molar-refractivity contribution < 1.29 is 23.6 Å². The van der Waals surface area contributed by atoms with Crippen molar-refractivity contribution in [1.82, 2.24) is 4.90 Å². The van der Waals surface area contributed by atoms with Crippen LogP contribution >= 0.6 is 0 Å². The van der Waals surface area contributed by atoms with Gasteiger partial charge in [0.25, 0.3) is 5.91 Å². The van der Waals surface area contributed by atoms with Gasteiger partial charge in [0.05, 0.1) is 22.5 Å². The summed E-state index contributed by atoms with van der Waals surface area (Å²) in [6.07, 6.45) is -0.622. The summed E-state index contributed by atoms with van der Waals surface area (Å²) in [5.74, 6) is -0.246. The Labute approximate surface area is 167 Å². The van der Waals surface area contributed by atoms with E-state index in [1.54, 1.807) is 53.1 Å². The monoisotopic (exact) mass is 390 g/mol. The maximum atomic E-state index is 12.7. The molecule has 2 rings (SSSR count). The number of carbonyl (C=O) groups excluding carboxylic acids is 2. The molecule has 0 bridgehead atoms. The molecular weight excluding hydrogens is 359 g/mol. The molecule has 1 aromatic rings. The van der Waals surface area contributed by atoms with E-state index in [4.69, 9.17) is 14.0 Å². The Morgan fingerprint density at radius 1 is 1.07 bits per heavy atom. The van der Waals surface area contributed by atoms with Crippen LogP contribution in [0.5, 0.6) is 0 Å². The Hall–Kier alpha value is -2.06. The van der Waals surface area contributed by atoms with Gasteiger partial charge in [0.1, 0.15) is 5.60 Å². The van der Waals surface area contributed by atoms with Gasteiger partial charge in [-0.1, -0.05) is 6.07 Å². The van der Waals surface area contributed by atoms with E-state index in [0.717, 1.165) is 0 Å². The summed E-state index contributed by atoms with van der Waals surface area (Å²) in [4.78, 5) is 26.3. The summed E-state index contributed by atoms with van der Waals surface area (Å²) in [6, 6.07) is 5.14. The van der Waals surface area contributed by atoms with E-state index in [9.17, 15) is 9.59 Å². The number of hydrogen-bond acceptors (Lipinski definition) is 5. The van der Waals surface area contributed by atoms with Gasteiger partial charge in [-0.3, -0.25) is 10.1 Å². The first-order chi connectivity index (χ1) is 12.6. The first kappa shape index (κ1) is 22.2. The molecule has 0 aromatic heterocycles. The number of ether oxygens (including phenoxy) is 1. The first-order valence-corrected chi connectivity index (χ1v) is 9.34. The van der Waals surface area contributed by atoms with E-state index >= 15 is 0 Å². The highest BCUT2D eigenvalue weighted by atomic mass is 16.7. The van der Waals surface area contributed by atoms with Crippen LogP contribution in [0, 0.1) is 0 Å². The lowest BCUT2D eigenvalue weighted by atomic mass is 9.78. The largest absolute Gasteiger partial charge is 0.494 e. The standard InChI is InChI=1S/C20H31BN2O5/c1-18(2,3)26-17(25)22-15-11-10-13(12-14(15)16(24)23(8)9)21-27-19(4,5)20(6,7)28-21/h10-12H,1-9H3,(H,22,25). The van der Waals surface area contributed by atoms with Crippen LogP contribution in [0.1, 0.15) is 58.8 Å². The third-order valence-corrected chi connectivity index (χ3v) is 4.84. The normalized spacial score (nSPS) is 18.0. The number of rotatable bonds is 3. The molecule has 0 saturated carbocycles. The Morgan fingerprint density at radius 3 is 2.07 bits per heavy atom. The Balaban J connectivity index is 2.36. The van der Waals surface area contributed by atoms with E-state index in [-0.39, 0.29) is 5.91 Å². The van der Waals surface area contributed by atoms with Crippen molar-refractivity contribution in [2.45, 2.75) is 65.3 Å². The molecule has 7 nitrogen and oxygen atoms in total. The van der Waals surface area contributed by atoms with Crippen LogP contribution in [0.4, 0.5) is 10.5 Å². The van der Waals surface area contributed by atoms with Crippen LogP contribution < -0.4 is 10.8 Å². The fourth-order valence-electron chi connectivity index (χ4n) is 2.63. The molecule has 0 radical (unpaired) electrons. The number of carbonyl (C=O) groups is 2. The third kappa shape index (κ3) is 4.86. The number of nitrogens with zero attached hydrogens (tertiary/aromatic N) is 1. The fourth-order valence-corrected chi connectivity index (χ4v) is 2.63. The highest BCUT2D eigenvalue weighted by molar-refractivity contribution is 6.62. The Kier molecular flexibility index (Phi) is 5.88. The predicted molar refractivity (Wildman–Crippen MR) is 110 cm³/mol. The van der Waals surface area contributed by atoms with Gasteiger partial charge in [-0.05, 0) is 66.1 Å². The maximum absolute atomic E-state index is 12.7. The smallest absolute Gasteiger partial charge is 0.444 e. The summed E-state index contributed by atoms with van der Waals surface area (Å²) in [5.41, 5.74) is -0.207. The lowest BCUT2D eigenvalue weighted by molar-refractivity contribution is 0.00578. The number of anilines is 1. The zero-order chi connectivity index (χ0) is 21.5. The second kappa shape index (κ2) is 7.41. The van der Waals surface area contributed by atoms with Crippen LogP contribution in [0.2, 0.25) is 0 Å². The second-order valence-electron chi connectivity index (χ2n) is 9.22. The average molecular weight is 390 g/mol.